The van der Waals surface area contributed by atoms with Crippen molar-refractivity contribution >= 4 is 34.7 Å². The smallest absolute Gasteiger partial charge is 0.277 e. The molecular formula is C17H13N5O6S. The second-order valence-corrected chi connectivity index (χ2v) is 6.70. The fourth-order valence-corrected chi connectivity index (χ4v) is 2.89. The van der Waals surface area contributed by atoms with Crippen LogP contribution in [0.15, 0.2) is 52.1 Å². The second kappa shape index (κ2) is 8.48. The maximum atomic E-state index is 12.1. The first-order chi connectivity index (χ1) is 13.8. The number of aromatic nitrogens is 2. The molecule has 0 saturated carbocycles. The van der Waals surface area contributed by atoms with Crippen LogP contribution in [0.25, 0.3) is 11.5 Å². The van der Waals surface area contributed by atoms with Crippen molar-refractivity contribution in [2.75, 3.05) is 11.1 Å². The Morgan fingerprint density at radius 2 is 1.72 bits per heavy atom. The second-order valence-electron chi connectivity index (χ2n) is 5.77. The number of carbonyl (C=O) groups is 1. The quantitative estimate of drug-likeness (QED) is 0.346. The number of benzene rings is 2. The molecule has 3 rings (SSSR count). The van der Waals surface area contributed by atoms with Crippen molar-refractivity contribution < 1.29 is 19.1 Å². The Morgan fingerprint density at radius 3 is 2.34 bits per heavy atom. The van der Waals surface area contributed by atoms with Crippen molar-refractivity contribution in [3.8, 4) is 11.5 Å². The van der Waals surface area contributed by atoms with E-state index in [0.717, 1.165) is 11.8 Å². The van der Waals surface area contributed by atoms with Crippen molar-refractivity contribution in [3.05, 3.63) is 68.3 Å². The number of nitrogens with zero attached hydrogens (tertiary/aromatic N) is 4. The van der Waals surface area contributed by atoms with Gasteiger partial charge < -0.3 is 9.73 Å². The van der Waals surface area contributed by atoms with Gasteiger partial charge in [0.1, 0.15) is 0 Å². The molecule has 0 aliphatic carbocycles. The van der Waals surface area contributed by atoms with Crippen LogP contribution in [0.4, 0.5) is 17.1 Å². The summed E-state index contributed by atoms with van der Waals surface area (Å²) in [5.74, 6) is -0.186. The molecule has 11 nitrogen and oxygen atoms in total. The number of thioether (sulfide) groups is 1. The van der Waals surface area contributed by atoms with E-state index in [0.29, 0.717) is 16.8 Å². The minimum absolute atomic E-state index is 0.0156. The molecular weight excluding hydrogens is 402 g/mol. The third kappa shape index (κ3) is 4.93. The van der Waals surface area contributed by atoms with E-state index in [1.165, 1.54) is 42.5 Å². The number of hydrogen-bond acceptors (Lipinski definition) is 9. The highest BCUT2D eigenvalue weighted by Gasteiger charge is 2.14. The lowest BCUT2D eigenvalue weighted by molar-refractivity contribution is -0.385. The van der Waals surface area contributed by atoms with Gasteiger partial charge in [-0.2, -0.15) is 0 Å². The number of anilines is 1. The summed E-state index contributed by atoms with van der Waals surface area (Å²) in [4.78, 5) is 32.5. The molecule has 29 heavy (non-hydrogen) atoms. The number of nitro benzene ring substituents is 2. The van der Waals surface area contributed by atoms with Crippen LogP contribution < -0.4 is 5.32 Å². The third-order valence-corrected chi connectivity index (χ3v) is 4.57. The number of nitrogens with one attached hydrogen (secondary N) is 1. The van der Waals surface area contributed by atoms with Crippen LogP contribution in [0, 0.1) is 27.2 Å². The SMILES string of the molecule is Cc1cc([N+](=O)[O-])ccc1NC(=O)CSc1nnc(-c2ccc([N+](=O)[O-])cc2)o1. The molecule has 1 amide bonds. The molecule has 2 aromatic carbocycles. The summed E-state index contributed by atoms with van der Waals surface area (Å²) in [7, 11) is 0. The standard InChI is InChI=1S/C17H13N5O6S/c1-10-8-13(22(26)27)6-7-14(10)18-15(23)9-29-17-20-19-16(28-17)11-2-4-12(5-3-11)21(24)25/h2-8H,9H2,1H3,(H,18,23). The fourth-order valence-electron chi connectivity index (χ4n) is 2.33. The van der Waals surface area contributed by atoms with Crippen LogP contribution in [0.3, 0.4) is 0 Å². The first-order valence-electron chi connectivity index (χ1n) is 8.09. The molecule has 0 aliphatic rings. The van der Waals surface area contributed by atoms with Crippen LogP contribution in [0.1, 0.15) is 5.56 Å². The van der Waals surface area contributed by atoms with E-state index in [2.05, 4.69) is 15.5 Å². The molecule has 148 valence electrons. The molecule has 12 heteroatoms. The lowest BCUT2D eigenvalue weighted by atomic mass is 10.2. The maximum absolute atomic E-state index is 12.1. The summed E-state index contributed by atoms with van der Waals surface area (Å²) in [6, 6.07) is 9.78. The van der Waals surface area contributed by atoms with Gasteiger partial charge in [0.05, 0.1) is 15.6 Å². The van der Waals surface area contributed by atoms with Gasteiger partial charge in [0, 0.05) is 35.5 Å². The highest BCUT2D eigenvalue weighted by atomic mass is 32.2. The molecule has 3 aromatic rings. The molecule has 0 spiro atoms. The molecule has 0 aliphatic heterocycles. The largest absolute Gasteiger partial charge is 0.411 e. The zero-order valence-corrected chi connectivity index (χ0v) is 15.7. The molecule has 0 atom stereocenters. The van der Waals surface area contributed by atoms with Gasteiger partial charge in [0.25, 0.3) is 16.6 Å². The lowest BCUT2D eigenvalue weighted by Crippen LogP contribution is -2.14. The number of carbonyl (C=O) groups excluding carboxylic acids is 1. The molecule has 0 unspecified atom stereocenters. The minimum Gasteiger partial charge on any atom is -0.411 e. The van der Waals surface area contributed by atoms with Crippen LogP contribution in [-0.2, 0) is 4.79 Å². The van der Waals surface area contributed by atoms with Gasteiger partial charge in [-0.1, -0.05) is 11.8 Å². The predicted molar refractivity (Wildman–Crippen MR) is 104 cm³/mol. The van der Waals surface area contributed by atoms with E-state index < -0.39 is 9.85 Å². The first-order valence-corrected chi connectivity index (χ1v) is 9.08. The van der Waals surface area contributed by atoms with Gasteiger partial charge in [0.15, 0.2) is 0 Å². The summed E-state index contributed by atoms with van der Waals surface area (Å²) in [5, 5.41) is 32.0. The van der Waals surface area contributed by atoms with E-state index in [4.69, 9.17) is 4.42 Å². The predicted octanol–water partition coefficient (Wildman–Crippen LogP) is 3.59. The van der Waals surface area contributed by atoms with Gasteiger partial charge >= 0.3 is 0 Å². The van der Waals surface area contributed by atoms with Gasteiger partial charge in [-0.05, 0) is 30.7 Å². The Kier molecular flexibility index (Phi) is 5.83. The molecule has 1 heterocycles. The van der Waals surface area contributed by atoms with Crippen molar-refractivity contribution in [1.82, 2.24) is 10.2 Å². The summed E-state index contributed by atoms with van der Waals surface area (Å²) in [5.41, 5.74) is 1.44. The zero-order valence-electron chi connectivity index (χ0n) is 14.9. The number of amides is 1. The van der Waals surface area contributed by atoms with Gasteiger partial charge in [0.2, 0.25) is 11.8 Å². The average molecular weight is 415 g/mol. The molecule has 1 N–H and O–H groups in total. The van der Waals surface area contributed by atoms with Crippen molar-refractivity contribution in [1.29, 1.82) is 0 Å². The maximum Gasteiger partial charge on any atom is 0.277 e. The Balaban J connectivity index is 1.58. The van der Waals surface area contributed by atoms with E-state index in [1.807, 2.05) is 0 Å². The number of hydrogen-bond donors (Lipinski definition) is 1. The van der Waals surface area contributed by atoms with Crippen LogP contribution in [0.5, 0.6) is 0 Å². The van der Waals surface area contributed by atoms with Gasteiger partial charge in [-0.25, -0.2) is 0 Å². The molecule has 0 fully saturated rings. The number of non-ortho nitro benzene ring substituents is 2. The van der Waals surface area contributed by atoms with Crippen LogP contribution in [-0.4, -0.2) is 31.7 Å². The molecule has 0 bridgehead atoms. The van der Waals surface area contributed by atoms with E-state index >= 15 is 0 Å². The van der Waals surface area contributed by atoms with Crippen molar-refractivity contribution in [2.45, 2.75) is 12.1 Å². The Morgan fingerprint density at radius 1 is 1.07 bits per heavy atom. The molecule has 0 saturated heterocycles. The van der Waals surface area contributed by atoms with Gasteiger partial charge in [-0.15, -0.1) is 10.2 Å². The lowest BCUT2D eigenvalue weighted by Gasteiger charge is -2.07. The number of rotatable bonds is 7. The third-order valence-electron chi connectivity index (χ3n) is 3.75. The first kappa shape index (κ1) is 19.9. The van der Waals surface area contributed by atoms with Crippen molar-refractivity contribution in [2.24, 2.45) is 0 Å². The average Bonchev–Trinajstić information content (AvgIpc) is 3.17. The monoisotopic (exact) mass is 415 g/mol. The Labute approximate surface area is 167 Å². The Hall–Kier alpha value is -3.80. The molecule has 1 aromatic heterocycles. The Bertz CT molecular complexity index is 1080. The highest BCUT2D eigenvalue weighted by molar-refractivity contribution is 7.99. The summed E-state index contributed by atoms with van der Waals surface area (Å²) in [6.07, 6.45) is 0. The van der Waals surface area contributed by atoms with E-state index in [9.17, 15) is 25.0 Å². The highest BCUT2D eigenvalue weighted by Crippen LogP contribution is 2.25. The number of aryl methyl sites for hydroxylation is 1. The van der Waals surface area contributed by atoms with Crippen molar-refractivity contribution in [3.63, 3.8) is 0 Å². The normalized spacial score (nSPS) is 10.5. The number of nitro groups is 2. The zero-order chi connectivity index (χ0) is 21.0. The summed E-state index contributed by atoms with van der Waals surface area (Å²) >= 11 is 1.02. The van der Waals surface area contributed by atoms with Gasteiger partial charge in [-0.3, -0.25) is 25.0 Å². The fraction of sp³-hybridized carbons (Fsp3) is 0.118. The topological polar surface area (TPSA) is 154 Å². The van der Waals surface area contributed by atoms with Crippen LogP contribution >= 0.6 is 11.8 Å². The molecule has 0 radical (unpaired) electrons. The van der Waals surface area contributed by atoms with E-state index in [1.54, 1.807) is 6.92 Å². The van der Waals surface area contributed by atoms with Crippen LogP contribution in [0.2, 0.25) is 0 Å². The summed E-state index contributed by atoms with van der Waals surface area (Å²) in [6.45, 7) is 1.66. The van der Waals surface area contributed by atoms with E-state index in [-0.39, 0.29) is 34.1 Å². The summed E-state index contributed by atoms with van der Waals surface area (Å²) < 4.78 is 5.45. The minimum atomic E-state index is -0.510.